The number of nitriles is 1. The van der Waals surface area contributed by atoms with E-state index in [1.807, 2.05) is 6.07 Å². The number of aromatic carboxylic acids is 1. The van der Waals surface area contributed by atoms with E-state index < -0.39 is 21.9 Å². The number of hydrogen-bond donors (Lipinski definition) is 2. The number of halogens is 2. The van der Waals surface area contributed by atoms with E-state index in [-0.39, 0.29) is 47.6 Å². The van der Waals surface area contributed by atoms with Crippen LogP contribution < -0.4 is 9.62 Å². The summed E-state index contributed by atoms with van der Waals surface area (Å²) in [7, 11) is -4.22. The Morgan fingerprint density at radius 1 is 1.23 bits per heavy atom. The van der Waals surface area contributed by atoms with Gasteiger partial charge >= 0.3 is 5.97 Å². The van der Waals surface area contributed by atoms with E-state index in [0.29, 0.717) is 17.7 Å². The molecule has 2 aromatic rings. The zero-order valence-electron chi connectivity index (χ0n) is 16.7. The maximum atomic E-state index is 13.6. The van der Waals surface area contributed by atoms with Crippen LogP contribution in [-0.2, 0) is 16.4 Å². The van der Waals surface area contributed by atoms with Crippen molar-refractivity contribution in [3.63, 3.8) is 0 Å². The third kappa shape index (κ3) is 4.94. The molecule has 31 heavy (non-hydrogen) atoms. The molecule has 0 aliphatic carbocycles. The molecule has 7 nitrogen and oxygen atoms in total. The lowest BCUT2D eigenvalue weighted by Crippen LogP contribution is -2.39. The van der Waals surface area contributed by atoms with Crippen LogP contribution in [0.1, 0.15) is 41.3 Å². The Morgan fingerprint density at radius 3 is 2.48 bits per heavy atom. The van der Waals surface area contributed by atoms with E-state index >= 15 is 0 Å². The molecule has 1 aliphatic rings. The molecule has 1 aliphatic heterocycles. The summed E-state index contributed by atoms with van der Waals surface area (Å²) >= 11 is 0. The number of nitrogens with one attached hydrogen (secondary N) is 1. The highest BCUT2D eigenvalue weighted by Crippen LogP contribution is 2.35. The fourth-order valence-electron chi connectivity index (χ4n) is 3.47. The summed E-state index contributed by atoms with van der Waals surface area (Å²) in [5.41, 5.74) is 0.895. The number of benzene rings is 2. The first-order chi connectivity index (χ1) is 14.6. The maximum absolute atomic E-state index is 13.6. The molecular formula is C21H21F2N3O4S. The molecule has 0 unspecified atom stereocenters. The topological polar surface area (TPSA) is 110 Å². The highest BCUT2D eigenvalue weighted by Gasteiger charge is 2.35. The van der Waals surface area contributed by atoms with Crippen molar-refractivity contribution >= 4 is 27.4 Å². The molecule has 0 saturated carbocycles. The number of carboxylic acid groups (broad SMARTS) is 1. The minimum absolute atomic E-state index is 0.0301. The summed E-state index contributed by atoms with van der Waals surface area (Å²) in [6.45, 7) is 1.80. The van der Waals surface area contributed by atoms with Gasteiger partial charge in [-0.1, -0.05) is 13.0 Å². The zero-order chi connectivity index (χ0) is 22.8. The third-order valence-corrected chi connectivity index (χ3v) is 6.64. The van der Waals surface area contributed by atoms with Gasteiger partial charge in [0.05, 0.1) is 33.5 Å². The first kappa shape index (κ1) is 22.5. The second-order valence-corrected chi connectivity index (χ2v) is 8.92. The molecule has 3 rings (SSSR count). The van der Waals surface area contributed by atoms with Gasteiger partial charge in [-0.25, -0.2) is 22.0 Å². The lowest BCUT2D eigenvalue weighted by Gasteiger charge is -2.34. The normalized spacial score (nSPS) is 15.9. The Labute approximate surface area is 179 Å². The van der Waals surface area contributed by atoms with E-state index in [1.54, 1.807) is 11.8 Å². The first-order valence-electron chi connectivity index (χ1n) is 9.62. The zero-order valence-corrected chi connectivity index (χ0v) is 17.5. The molecule has 2 N–H and O–H groups in total. The number of carbonyl (C=O) groups is 1. The molecular weight excluding hydrogens is 428 g/mol. The number of alkyl halides is 2. The number of carboxylic acids is 1. The molecule has 0 aromatic heterocycles. The minimum atomic E-state index is -4.22. The van der Waals surface area contributed by atoms with E-state index in [9.17, 15) is 32.4 Å². The smallest absolute Gasteiger partial charge is 0.335 e. The number of rotatable bonds is 6. The van der Waals surface area contributed by atoms with E-state index in [0.717, 1.165) is 6.07 Å². The first-order valence-corrected chi connectivity index (χ1v) is 11.1. The largest absolute Gasteiger partial charge is 0.478 e. The molecule has 0 bridgehead atoms. The van der Waals surface area contributed by atoms with Gasteiger partial charge in [0.1, 0.15) is 0 Å². The average Bonchev–Trinajstić information content (AvgIpc) is 2.73. The second kappa shape index (κ2) is 8.51. The minimum Gasteiger partial charge on any atom is -0.478 e. The van der Waals surface area contributed by atoms with Gasteiger partial charge in [-0.3, -0.25) is 4.72 Å². The molecule has 0 atom stereocenters. The van der Waals surface area contributed by atoms with Crippen molar-refractivity contribution < 1.29 is 27.1 Å². The highest BCUT2D eigenvalue weighted by molar-refractivity contribution is 7.92. The molecule has 0 radical (unpaired) electrons. The predicted octanol–water partition coefficient (Wildman–Crippen LogP) is 3.86. The Morgan fingerprint density at radius 2 is 1.90 bits per heavy atom. The Kier molecular flexibility index (Phi) is 6.18. The van der Waals surface area contributed by atoms with Gasteiger partial charge < -0.3 is 10.0 Å². The van der Waals surface area contributed by atoms with Gasteiger partial charge in [-0.2, -0.15) is 5.26 Å². The van der Waals surface area contributed by atoms with Crippen molar-refractivity contribution in [1.29, 1.82) is 5.26 Å². The summed E-state index contributed by atoms with van der Waals surface area (Å²) in [6.07, 6.45) is -0.373. The number of piperidine rings is 1. The van der Waals surface area contributed by atoms with Crippen LogP contribution in [0.2, 0.25) is 0 Å². The van der Waals surface area contributed by atoms with Crippen molar-refractivity contribution in [3.8, 4) is 6.07 Å². The third-order valence-electron chi connectivity index (χ3n) is 5.19. The van der Waals surface area contributed by atoms with Crippen molar-refractivity contribution in [2.45, 2.75) is 37.0 Å². The highest BCUT2D eigenvalue weighted by atomic mass is 32.2. The lowest BCUT2D eigenvalue weighted by atomic mass is 10.1. The van der Waals surface area contributed by atoms with Gasteiger partial charge in [0.25, 0.3) is 15.9 Å². The fourth-order valence-corrected chi connectivity index (χ4v) is 4.87. The molecule has 0 spiro atoms. The number of sulfonamides is 1. The Bertz CT molecular complexity index is 1150. The van der Waals surface area contributed by atoms with E-state index in [4.69, 9.17) is 0 Å². The standard InChI is InChI=1S/C21H21F2N3O4S/c1-2-15-4-5-16(20(27)28)12-19(15)31(29,30)25-17-11-14(13-24)3-6-18(17)26-9-7-21(22,23)8-10-26/h3-6,11-12,25H,2,7-10H2,1H3,(H,27,28). The molecule has 1 saturated heterocycles. The van der Waals surface area contributed by atoms with Crippen LogP contribution in [0, 0.1) is 11.3 Å². The van der Waals surface area contributed by atoms with E-state index in [1.165, 1.54) is 30.3 Å². The van der Waals surface area contributed by atoms with Crippen molar-refractivity contribution in [2.75, 3.05) is 22.7 Å². The predicted molar refractivity (Wildman–Crippen MR) is 111 cm³/mol. The number of hydrogen-bond acceptors (Lipinski definition) is 5. The summed E-state index contributed by atoms with van der Waals surface area (Å²) in [6, 6.07) is 10.1. The molecule has 1 fully saturated rings. The van der Waals surface area contributed by atoms with Crippen LogP contribution in [0.15, 0.2) is 41.3 Å². The summed E-state index contributed by atoms with van der Waals surface area (Å²) in [5, 5.41) is 18.5. The summed E-state index contributed by atoms with van der Waals surface area (Å²) < 4.78 is 55.9. The van der Waals surface area contributed by atoms with Crippen molar-refractivity contribution in [1.82, 2.24) is 0 Å². The van der Waals surface area contributed by atoms with Gasteiger partial charge in [-0.05, 0) is 42.3 Å². The van der Waals surface area contributed by atoms with Crippen molar-refractivity contribution in [2.24, 2.45) is 0 Å². The van der Waals surface area contributed by atoms with Crippen LogP contribution in [0.25, 0.3) is 0 Å². The Hall–Kier alpha value is -3.19. The van der Waals surface area contributed by atoms with Crippen LogP contribution in [0.5, 0.6) is 0 Å². The number of nitrogens with zero attached hydrogens (tertiary/aromatic N) is 2. The van der Waals surface area contributed by atoms with Gasteiger partial charge in [-0.15, -0.1) is 0 Å². The number of aryl methyl sites for hydroxylation is 1. The molecule has 164 valence electrons. The van der Waals surface area contributed by atoms with Crippen LogP contribution in [0.4, 0.5) is 20.2 Å². The molecule has 1 heterocycles. The second-order valence-electron chi connectivity index (χ2n) is 7.27. The summed E-state index contributed by atoms with van der Waals surface area (Å²) in [5.74, 6) is -4.03. The monoisotopic (exact) mass is 449 g/mol. The number of anilines is 2. The van der Waals surface area contributed by atoms with Gasteiger partial charge in [0.2, 0.25) is 0 Å². The Balaban J connectivity index is 2.03. The van der Waals surface area contributed by atoms with Crippen LogP contribution in [-0.4, -0.2) is 38.5 Å². The van der Waals surface area contributed by atoms with Gasteiger partial charge in [0, 0.05) is 25.9 Å². The average molecular weight is 449 g/mol. The quantitative estimate of drug-likeness (QED) is 0.693. The van der Waals surface area contributed by atoms with Crippen LogP contribution in [0.3, 0.4) is 0 Å². The SMILES string of the molecule is CCc1ccc(C(=O)O)cc1S(=O)(=O)Nc1cc(C#N)ccc1N1CCC(F)(F)CC1. The molecule has 10 heteroatoms. The maximum Gasteiger partial charge on any atom is 0.335 e. The molecule has 2 aromatic carbocycles. The molecule has 0 amide bonds. The van der Waals surface area contributed by atoms with Gasteiger partial charge in [0.15, 0.2) is 0 Å². The van der Waals surface area contributed by atoms with E-state index in [2.05, 4.69) is 4.72 Å². The fraction of sp³-hybridized carbons (Fsp3) is 0.333. The summed E-state index contributed by atoms with van der Waals surface area (Å²) in [4.78, 5) is 12.8. The van der Waals surface area contributed by atoms with Crippen molar-refractivity contribution in [3.05, 3.63) is 53.1 Å². The van der Waals surface area contributed by atoms with Crippen LogP contribution >= 0.6 is 0 Å². The lowest BCUT2D eigenvalue weighted by molar-refractivity contribution is -0.0220.